The molecule has 1 N–H and O–H groups in total. The molecule has 0 unspecified atom stereocenters. The fourth-order valence-corrected chi connectivity index (χ4v) is 5.63. The Bertz CT molecular complexity index is 483. The van der Waals surface area contributed by atoms with E-state index in [4.69, 9.17) is 0 Å². The van der Waals surface area contributed by atoms with Crippen LogP contribution in [0, 0.1) is 20.8 Å². The Labute approximate surface area is 105 Å². The van der Waals surface area contributed by atoms with Crippen LogP contribution in [0.15, 0.2) is 22.8 Å². The van der Waals surface area contributed by atoms with Crippen LogP contribution in [-0.4, -0.2) is 10.7 Å². The van der Waals surface area contributed by atoms with Gasteiger partial charge in [0.25, 0.3) is 0 Å². The molecule has 0 aromatic heterocycles. The van der Waals surface area contributed by atoms with E-state index in [1.54, 1.807) is 0 Å². The van der Waals surface area contributed by atoms with Crippen LogP contribution in [0.5, 0.6) is 0 Å². The molecule has 0 fully saturated rings. The molecule has 1 nitrogen and oxygen atoms in total. The highest BCUT2D eigenvalue weighted by molar-refractivity contribution is 7.80. The summed E-state index contributed by atoms with van der Waals surface area (Å²) in [6.07, 6.45) is 0. The van der Waals surface area contributed by atoms with Crippen molar-refractivity contribution in [1.82, 2.24) is 0 Å². The highest BCUT2D eigenvalue weighted by Crippen LogP contribution is 2.72. The summed E-state index contributed by atoms with van der Waals surface area (Å²) in [5.41, 5.74) is 3.40. The number of allylic oxidation sites excluding steroid dienone is 1. The first-order valence-corrected chi connectivity index (χ1v) is 7.39. The van der Waals surface area contributed by atoms with Crippen molar-refractivity contribution in [3.05, 3.63) is 39.5 Å². The van der Waals surface area contributed by atoms with E-state index >= 15 is 0 Å². The lowest BCUT2D eigenvalue weighted by atomic mass is 10.1. The zero-order valence-electron chi connectivity index (χ0n) is 11.5. The molecule has 1 aromatic rings. The second kappa shape index (κ2) is 3.93. The van der Waals surface area contributed by atoms with Crippen molar-refractivity contribution in [3.63, 3.8) is 0 Å². The van der Waals surface area contributed by atoms with Gasteiger partial charge in [-0.1, -0.05) is 17.7 Å². The minimum atomic E-state index is -0.653. The van der Waals surface area contributed by atoms with Crippen LogP contribution in [0.1, 0.15) is 37.5 Å². The Hall–Kier alpha value is -0.650. The lowest BCUT2D eigenvalue weighted by Crippen LogP contribution is -2.18. The average molecular weight is 248 g/mol. The summed E-state index contributed by atoms with van der Waals surface area (Å²) in [7, 11) is -0.329. The SMILES string of the molecule is CC1=C(C(C)(C)O)[P@]1c1c(C)cc(C)cc1C. The Kier molecular flexibility index (Phi) is 2.96. The Morgan fingerprint density at radius 3 is 1.82 bits per heavy atom. The maximum atomic E-state index is 10.2. The third-order valence-electron chi connectivity index (χ3n) is 3.29. The fourth-order valence-electron chi connectivity index (χ4n) is 2.77. The van der Waals surface area contributed by atoms with Gasteiger partial charge in [0.1, 0.15) is 0 Å². The first-order valence-electron chi connectivity index (χ1n) is 6.05. The van der Waals surface area contributed by atoms with Crippen molar-refractivity contribution in [2.75, 3.05) is 0 Å². The van der Waals surface area contributed by atoms with Crippen LogP contribution < -0.4 is 5.30 Å². The lowest BCUT2D eigenvalue weighted by molar-refractivity contribution is 0.130. The number of rotatable bonds is 2. The summed E-state index contributed by atoms with van der Waals surface area (Å²) in [5.74, 6) is 0. The summed E-state index contributed by atoms with van der Waals surface area (Å²) in [6.45, 7) is 12.5. The van der Waals surface area contributed by atoms with E-state index in [1.165, 1.54) is 32.6 Å². The normalized spacial score (nSPS) is 19.8. The third-order valence-corrected chi connectivity index (χ3v) is 6.44. The summed E-state index contributed by atoms with van der Waals surface area (Å²) < 4.78 is 0. The highest BCUT2D eigenvalue weighted by Gasteiger charge is 2.43. The van der Waals surface area contributed by atoms with Gasteiger partial charge in [-0.2, -0.15) is 0 Å². The van der Waals surface area contributed by atoms with Crippen molar-refractivity contribution < 1.29 is 5.11 Å². The standard InChI is InChI=1S/C15H21OP/c1-9-7-10(2)13(11(3)8-9)17-12(4)14(17)15(5,6)16/h7-8,16H,1-6H3/t17-/m0/s1. The number of hydrogen-bond acceptors (Lipinski definition) is 1. The molecule has 0 aliphatic carbocycles. The summed E-state index contributed by atoms with van der Waals surface area (Å²) >= 11 is 0. The largest absolute Gasteiger partial charge is 0.386 e. The van der Waals surface area contributed by atoms with Crippen LogP contribution in [0.3, 0.4) is 0 Å². The predicted molar refractivity (Wildman–Crippen MR) is 76.2 cm³/mol. The van der Waals surface area contributed by atoms with Crippen LogP contribution >= 0.6 is 7.92 Å². The van der Waals surface area contributed by atoms with Crippen LogP contribution in [0.4, 0.5) is 0 Å². The molecular weight excluding hydrogens is 227 g/mol. The molecule has 1 aromatic carbocycles. The first kappa shape index (κ1) is 12.8. The topological polar surface area (TPSA) is 20.2 Å². The molecular formula is C15H21OP. The smallest absolute Gasteiger partial charge is 0.0854 e. The molecule has 92 valence electrons. The van der Waals surface area contributed by atoms with Crippen molar-refractivity contribution in [1.29, 1.82) is 0 Å². The molecule has 0 bridgehead atoms. The van der Waals surface area contributed by atoms with Gasteiger partial charge in [-0.05, 0) is 76.5 Å². The van der Waals surface area contributed by atoms with E-state index in [1.807, 2.05) is 13.8 Å². The van der Waals surface area contributed by atoms with Gasteiger partial charge in [-0.25, -0.2) is 0 Å². The number of hydrogen-bond donors (Lipinski definition) is 1. The van der Waals surface area contributed by atoms with Gasteiger partial charge in [-0.3, -0.25) is 0 Å². The molecule has 0 radical (unpaired) electrons. The van der Waals surface area contributed by atoms with Gasteiger partial charge in [0.05, 0.1) is 5.60 Å². The first-order chi connectivity index (χ1) is 7.73. The molecule has 1 heterocycles. The van der Waals surface area contributed by atoms with E-state index in [9.17, 15) is 5.11 Å². The van der Waals surface area contributed by atoms with Gasteiger partial charge >= 0.3 is 0 Å². The summed E-state index contributed by atoms with van der Waals surface area (Å²) in [6, 6.07) is 4.50. The Morgan fingerprint density at radius 1 is 1.00 bits per heavy atom. The minimum Gasteiger partial charge on any atom is -0.386 e. The molecule has 0 saturated heterocycles. The van der Waals surface area contributed by atoms with E-state index in [0.717, 1.165) is 0 Å². The van der Waals surface area contributed by atoms with E-state index < -0.39 is 5.60 Å². The Morgan fingerprint density at radius 2 is 1.47 bits per heavy atom. The number of aryl methyl sites for hydroxylation is 3. The molecule has 0 amide bonds. The fraction of sp³-hybridized carbons (Fsp3) is 0.467. The summed E-state index contributed by atoms with van der Waals surface area (Å²) in [4.78, 5) is 0. The van der Waals surface area contributed by atoms with Crippen molar-refractivity contribution in [2.45, 2.75) is 47.1 Å². The maximum Gasteiger partial charge on any atom is 0.0854 e. The molecule has 2 rings (SSSR count). The van der Waals surface area contributed by atoms with Gasteiger partial charge in [0.2, 0.25) is 0 Å². The second-order valence-corrected chi connectivity index (χ2v) is 7.81. The van der Waals surface area contributed by atoms with Crippen LogP contribution in [0.2, 0.25) is 0 Å². The molecule has 1 atom stereocenters. The molecule has 2 heteroatoms. The van der Waals surface area contributed by atoms with E-state index in [0.29, 0.717) is 0 Å². The van der Waals surface area contributed by atoms with Crippen molar-refractivity contribution in [3.8, 4) is 0 Å². The van der Waals surface area contributed by atoms with Gasteiger partial charge < -0.3 is 5.11 Å². The zero-order chi connectivity index (χ0) is 13.0. The van der Waals surface area contributed by atoms with Crippen molar-refractivity contribution in [2.24, 2.45) is 0 Å². The predicted octanol–water partition coefficient (Wildman–Crippen LogP) is 3.74. The molecule has 17 heavy (non-hydrogen) atoms. The lowest BCUT2D eigenvalue weighted by Gasteiger charge is -2.17. The quantitative estimate of drug-likeness (QED) is 0.790. The van der Waals surface area contributed by atoms with E-state index in [2.05, 4.69) is 39.8 Å². The monoisotopic (exact) mass is 248 g/mol. The highest BCUT2D eigenvalue weighted by atomic mass is 31.1. The molecule has 0 saturated carbocycles. The van der Waals surface area contributed by atoms with Gasteiger partial charge in [0, 0.05) is 0 Å². The van der Waals surface area contributed by atoms with Gasteiger partial charge in [0.15, 0.2) is 0 Å². The van der Waals surface area contributed by atoms with Crippen molar-refractivity contribution >= 4 is 13.2 Å². The second-order valence-electron chi connectivity index (χ2n) is 5.58. The molecule has 1 aliphatic heterocycles. The maximum absolute atomic E-state index is 10.2. The van der Waals surface area contributed by atoms with Crippen LogP contribution in [0.25, 0.3) is 0 Å². The Balaban J connectivity index is 2.41. The van der Waals surface area contributed by atoms with Crippen LogP contribution in [-0.2, 0) is 0 Å². The zero-order valence-corrected chi connectivity index (χ0v) is 12.4. The van der Waals surface area contributed by atoms with E-state index in [-0.39, 0.29) is 7.92 Å². The number of benzene rings is 1. The molecule has 0 spiro atoms. The third kappa shape index (κ3) is 2.19. The minimum absolute atomic E-state index is 0.329. The summed E-state index contributed by atoms with van der Waals surface area (Å²) in [5, 5.41) is 14.3. The molecule has 1 aliphatic rings. The average Bonchev–Trinajstić information content (AvgIpc) is 2.74. The number of aliphatic hydroxyl groups is 1. The van der Waals surface area contributed by atoms with Gasteiger partial charge in [-0.15, -0.1) is 0 Å².